The van der Waals surface area contributed by atoms with E-state index in [1.807, 2.05) is 18.2 Å². The monoisotopic (exact) mass is 319 g/mol. The van der Waals surface area contributed by atoms with E-state index in [2.05, 4.69) is 58.3 Å². The number of anilines is 1. The lowest BCUT2D eigenvalue weighted by Crippen LogP contribution is -2.07. The molecule has 2 aromatic rings. The minimum Gasteiger partial charge on any atom is -0.368 e. The van der Waals surface area contributed by atoms with Crippen molar-refractivity contribution in [2.75, 3.05) is 11.9 Å². The first-order valence-corrected chi connectivity index (χ1v) is 7.27. The summed E-state index contributed by atoms with van der Waals surface area (Å²) in [6.07, 6.45) is 1.08. The van der Waals surface area contributed by atoms with Crippen molar-refractivity contribution in [1.82, 2.24) is 10.2 Å². The summed E-state index contributed by atoms with van der Waals surface area (Å²) in [7, 11) is 0. The molecular formula is C15H18BrN3. The van der Waals surface area contributed by atoms with Crippen molar-refractivity contribution in [2.45, 2.75) is 27.2 Å². The van der Waals surface area contributed by atoms with E-state index in [0.717, 1.165) is 40.1 Å². The fourth-order valence-electron chi connectivity index (χ4n) is 1.93. The molecule has 1 aromatic heterocycles. The molecule has 1 aromatic carbocycles. The van der Waals surface area contributed by atoms with E-state index in [9.17, 15) is 0 Å². The fraction of sp³-hybridized carbons (Fsp3) is 0.333. The minimum atomic E-state index is 0.884. The van der Waals surface area contributed by atoms with Gasteiger partial charge in [-0.05, 0) is 37.5 Å². The number of rotatable bonds is 4. The van der Waals surface area contributed by atoms with Gasteiger partial charge in [0.15, 0.2) is 5.82 Å². The Labute approximate surface area is 122 Å². The molecule has 19 heavy (non-hydrogen) atoms. The highest BCUT2D eigenvalue weighted by Gasteiger charge is 2.12. The molecule has 0 saturated carbocycles. The highest BCUT2D eigenvalue weighted by atomic mass is 79.9. The van der Waals surface area contributed by atoms with Crippen LogP contribution in [0.2, 0.25) is 0 Å². The molecule has 0 amide bonds. The predicted molar refractivity (Wildman–Crippen MR) is 83.4 cm³/mol. The van der Waals surface area contributed by atoms with E-state index in [4.69, 9.17) is 0 Å². The number of aromatic nitrogens is 2. The minimum absolute atomic E-state index is 0.884. The summed E-state index contributed by atoms with van der Waals surface area (Å²) in [5.74, 6) is 0.884. The Hall–Kier alpha value is -1.42. The van der Waals surface area contributed by atoms with Gasteiger partial charge in [0.25, 0.3) is 0 Å². The Morgan fingerprint density at radius 2 is 1.84 bits per heavy atom. The van der Waals surface area contributed by atoms with Crippen LogP contribution in [0.4, 0.5) is 5.82 Å². The number of nitrogens with one attached hydrogen (secondary N) is 1. The Bertz CT molecular complexity index is 582. The zero-order valence-corrected chi connectivity index (χ0v) is 13.1. The van der Waals surface area contributed by atoms with Gasteiger partial charge in [-0.2, -0.15) is 0 Å². The molecule has 4 heteroatoms. The van der Waals surface area contributed by atoms with Gasteiger partial charge in [-0.1, -0.05) is 41.1 Å². The first kappa shape index (κ1) is 14.0. The van der Waals surface area contributed by atoms with Crippen molar-refractivity contribution in [2.24, 2.45) is 0 Å². The zero-order valence-electron chi connectivity index (χ0n) is 11.5. The van der Waals surface area contributed by atoms with Crippen LogP contribution in [0.25, 0.3) is 11.3 Å². The summed E-state index contributed by atoms with van der Waals surface area (Å²) in [4.78, 5) is 0. The van der Waals surface area contributed by atoms with Gasteiger partial charge in [0.05, 0.1) is 5.69 Å². The second-order valence-electron chi connectivity index (χ2n) is 4.55. The molecule has 0 radical (unpaired) electrons. The van der Waals surface area contributed by atoms with E-state index >= 15 is 0 Å². The van der Waals surface area contributed by atoms with E-state index in [1.54, 1.807) is 0 Å². The largest absolute Gasteiger partial charge is 0.368 e. The molecule has 100 valence electrons. The van der Waals surface area contributed by atoms with Gasteiger partial charge in [0.2, 0.25) is 0 Å². The summed E-state index contributed by atoms with van der Waals surface area (Å²) in [5.41, 5.74) is 4.35. The quantitative estimate of drug-likeness (QED) is 0.910. The van der Waals surface area contributed by atoms with E-state index in [-0.39, 0.29) is 0 Å². The predicted octanol–water partition coefficient (Wildman–Crippen LogP) is 4.34. The maximum atomic E-state index is 4.38. The number of hydrogen-bond acceptors (Lipinski definition) is 3. The average molecular weight is 320 g/mol. The number of halogens is 1. The van der Waals surface area contributed by atoms with Crippen molar-refractivity contribution >= 4 is 21.7 Å². The SMILES string of the molecule is CCCNc1nnc(-c2ccccc2Br)c(C)c1C. The van der Waals surface area contributed by atoms with E-state index in [0.29, 0.717) is 0 Å². The van der Waals surface area contributed by atoms with Gasteiger partial charge in [-0.15, -0.1) is 10.2 Å². The zero-order chi connectivity index (χ0) is 13.8. The van der Waals surface area contributed by atoms with Crippen LogP contribution in [0.1, 0.15) is 24.5 Å². The highest BCUT2D eigenvalue weighted by molar-refractivity contribution is 9.10. The lowest BCUT2D eigenvalue weighted by molar-refractivity contribution is 0.932. The Morgan fingerprint density at radius 1 is 1.11 bits per heavy atom. The summed E-state index contributed by atoms with van der Waals surface area (Å²) in [5, 5.41) is 12.0. The maximum Gasteiger partial charge on any atom is 0.151 e. The van der Waals surface area contributed by atoms with Gasteiger partial charge < -0.3 is 5.32 Å². The second kappa shape index (κ2) is 6.15. The van der Waals surface area contributed by atoms with Gasteiger partial charge >= 0.3 is 0 Å². The topological polar surface area (TPSA) is 37.8 Å². The summed E-state index contributed by atoms with van der Waals surface area (Å²) < 4.78 is 1.04. The van der Waals surface area contributed by atoms with Crippen molar-refractivity contribution in [1.29, 1.82) is 0 Å². The highest BCUT2D eigenvalue weighted by Crippen LogP contribution is 2.31. The molecule has 0 fully saturated rings. The molecular weight excluding hydrogens is 302 g/mol. The van der Waals surface area contributed by atoms with Crippen LogP contribution in [0.3, 0.4) is 0 Å². The molecule has 1 heterocycles. The smallest absolute Gasteiger partial charge is 0.151 e. The number of nitrogens with zero attached hydrogens (tertiary/aromatic N) is 2. The summed E-state index contributed by atoms with van der Waals surface area (Å²) in [6.45, 7) is 7.24. The van der Waals surface area contributed by atoms with Crippen LogP contribution in [0.5, 0.6) is 0 Å². The third kappa shape index (κ3) is 2.95. The molecule has 0 aliphatic rings. The summed E-state index contributed by atoms with van der Waals surface area (Å²) in [6, 6.07) is 8.09. The normalized spacial score (nSPS) is 10.5. The van der Waals surface area contributed by atoms with Crippen LogP contribution in [0, 0.1) is 13.8 Å². The fourth-order valence-corrected chi connectivity index (χ4v) is 2.40. The van der Waals surface area contributed by atoms with Crippen molar-refractivity contribution in [3.63, 3.8) is 0 Å². The Morgan fingerprint density at radius 3 is 2.53 bits per heavy atom. The molecule has 0 spiro atoms. The number of benzene rings is 1. The van der Waals surface area contributed by atoms with Gasteiger partial charge in [0.1, 0.15) is 0 Å². The summed E-state index contributed by atoms with van der Waals surface area (Å²) >= 11 is 3.57. The lowest BCUT2D eigenvalue weighted by Gasteiger charge is -2.13. The van der Waals surface area contributed by atoms with Crippen molar-refractivity contribution in [3.8, 4) is 11.3 Å². The third-order valence-electron chi connectivity index (χ3n) is 3.19. The second-order valence-corrected chi connectivity index (χ2v) is 5.41. The Kier molecular flexibility index (Phi) is 4.53. The maximum absolute atomic E-state index is 4.38. The Balaban J connectivity index is 2.44. The first-order chi connectivity index (χ1) is 9.15. The molecule has 0 atom stereocenters. The average Bonchev–Trinajstić information content (AvgIpc) is 2.42. The molecule has 3 nitrogen and oxygen atoms in total. The van der Waals surface area contributed by atoms with Gasteiger partial charge in [-0.3, -0.25) is 0 Å². The van der Waals surface area contributed by atoms with Crippen LogP contribution in [-0.2, 0) is 0 Å². The van der Waals surface area contributed by atoms with Crippen LogP contribution < -0.4 is 5.32 Å². The van der Waals surface area contributed by atoms with Crippen LogP contribution >= 0.6 is 15.9 Å². The van der Waals surface area contributed by atoms with Gasteiger partial charge in [0, 0.05) is 16.6 Å². The van der Waals surface area contributed by atoms with Crippen molar-refractivity contribution < 1.29 is 0 Å². The van der Waals surface area contributed by atoms with Crippen LogP contribution in [-0.4, -0.2) is 16.7 Å². The van der Waals surface area contributed by atoms with E-state index < -0.39 is 0 Å². The molecule has 0 bridgehead atoms. The van der Waals surface area contributed by atoms with Crippen molar-refractivity contribution in [3.05, 3.63) is 39.9 Å². The molecule has 0 unspecified atom stereocenters. The number of hydrogen-bond donors (Lipinski definition) is 1. The van der Waals surface area contributed by atoms with Gasteiger partial charge in [-0.25, -0.2) is 0 Å². The third-order valence-corrected chi connectivity index (χ3v) is 3.89. The molecule has 1 N–H and O–H groups in total. The molecule has 0 aliphatic carbocycles. The molecule has 0 aliphatic heterocycles. The standard InChI is InChI=1S/C15H18BrN3/c1-4-9-17-15-11(3)10(2)14(18-19-15)12-7-5-6-8-13(12)16/h5-8H,4,9H2,1-3H3,(H,17,19). The molecule has 2 rings (SSSR count). The van der Waals surface area contributed by atoms with E-state index in [1.165, 1.54) is 5.56 Å². The van der Waals surface area contributed by atoms with Crippen LogP contribution in [0.15, 0.2) is 28.7 Å². The molecule has 0 saturated heterocycles. The first-order valence-electron chi connectivity index (χ1n) is 6.47. The lowest BCUT2D eigenvalue weighted by atomic mass is 10.0.